The number of fused-ring (bicyclic) bond motifs is 1. The molecule has 0 saturated heterocycles. The fourth-order valence-electron chi connectivity index (χ4n) is 2.31. The molecule has 1 heterocycles. The van der Waals surface area contributed by atoms with Gasteiger partial charge >= 0.3 is 6.18 Å². The summed E-state index contributed by atoms with van der Waals surface area (Å²) < 4.78 is 51.1. The van der Waals surface area contributed by atoms with Gasteiger partial charge in [-0.05, 0) is 25.5 Å². The number of alkyl halides is 4. The van der Waals surface area contributed by atoms with Crippen molar-refractivity contribution in [3.8, 4) is 0 Å². The van der Waals surface area contributed by atoms with Crippen LogP contribution in [0.4, 0.5) is 17.6 Å². The van der Waals surface area contributed by atoms with Gasteiger partial charge in [-0.1, -0.05) is 23.8 Å². The highest BCUT2D eigenvalue weighted by Gasteiger charge is 2.45. The van der Waals surface area contributed by atoms with E-state index in [2.05, 4.69) is 4.99 Å². The minimum atomic E-state index is -4.49. The fraction of sp³-hybridized carbons (Fsp3) is 0.462. The summed E-state index contributed by atoms with van der Waals surface area (Å²) in [4.78, 5) is 3.71. The van der Waals surface area contributed by atoms with Crippen molar-refractivity contribution in [1.29, 1.82) is 0 Å². The van der Waals surface area contributed by atoms with E-state index in [0.29, 0.717) is 5.57 Å². The summed E-state index contributed by atoms with van der Waals surface area (Å²) in [6, 6.07) is -0.797. The molecular formula is C13H13F4N. The zero-order valence-electron chi connectivity index (χ0n) is 10.1. The van der Waals surface area contributed by atoms with Crippen LogP contribution in [0.1, 0.15) is 13.8 Å². The highest BCUT2D eigenvalue weighted by Crippen LogP contribution is 2.44. The summed E-state index contributed by atoms with van der Waals surface area (Å²) in [5.41, 5.74) is -0.762. The van der Waals surface area contributed by atoms with E-state index in [-0.39, 0.29) is 5.57 Å². The molecule has 0 amide bonds. The Kier molecular flexibility index (Phi) is 2.95. The van der Waals surface area contributed by atoms with E-state index >= 15 is 0 Å². The molecule has 18 heavy (non-hydrogen) atoms. The van der Waals surface area contributed by atoms with Gasteiger partial charge in [0.05, 0.1) is 6.04 Å². The van der Waals surface area contributed by atoms with Gasteiger partial charge in [0.25, 0.3) is 0 Å². The molecule has 1 aliphatic heterocycles. The molecule has 2 rings (SSSR count). The molecular weight excluding hydrogens is 246 g/mol. The lowest BCUT2D eigenvalue weighted by molar-refractivity contribution is -0.0584. The first-order valence-electron chi connectivity index (χ1n) is 5.57. The van der Waals surface area contributed by atoms with Crippen LogP contribution in [0, 0.1) is 5.41 Å². The van der Waals surface area contributed by atoms with E-state index in [4.69, 9.17) is 0 Å². The van der Waals surface area contributed by atoms with Crippen LogP contribution in [-0.4, -0.2) is 24.6 Å². The second-order valence-corrected chi connectivity index (χ2v) is 4.76. The molecule has 0 saturated carbocycles. The highest BCUT2D eigenvalue weighted by molar-refractivity contribution is 6.01. The van der Waals surface area contributed by atoms with Gasteiger partial charge in [-0.3, -0.25) is 4.99 Å². The van der Waals surface area contributed by atoms with Crippen molar-refractivity contribution < 1.29 is 17.6 Å². The monoisotopic (exact) mass is 259 g/mol. The molecule has 5 heteroatoms. The summed E-state index contributed by atoms with van der Waals surface area (Å²) in [5, 5.41) is 0. The molecule has 1 aliphatic carbocycles. The van der Waals surface area contributed by atoms with Crippen LogP contribution in [0.5, 0.6) is 0 Å². The predicted octanol–water partition coefficient (Wildman–Crippen LogP) is 3.79. The first kappa shape index (κ1) is 13.1. The number of allylic oxidation sites excluding steroid dienone is 3. The van der Waals surface area contributed by atoms with E-state index in [0.717, 1.165) is 6.08 Å². The van der Waals surface area contributed by atoms with Crippen molar-refractivity contribution in [2.45, 2.75) is 26.1 Å². The van der Waals surface area contributed by atoms with Crippen molar-refractivity contribution in [3.63, 3.8) is 0 Å². The summed E-state index contributed by atoms with van der Waals surface area (Å²) in [5.74, 6) is 0. The van der Waals surface area contributed by atoms with Crippen molar-refractivity contribution in [2.75, 3.05) is 6.67 Å². The zero-order chi connectivity index (χ0) is 13.6. The molecule has 0 radical (unpaired) electrons. The Morgan fingerprint density at radius 3 is 2.61 bits per heavy atom. The van der Waals surface area contributed by atoms with Crippen LogP contribution in [0.3, 0.4) is 0 Å². The summed E-state index contributed by atoms with van der Waals surface area (Å²) in [7, 11) is 0. The Morgan fingerprint density at radius 2 is 2.06 bits per heavy atom. The number of nitrogens with zero attached hydrogens (tertiary/aromatic N) is 1. The maximum absolute atomic E-state index is 12.9. The van der Waals surface area contributed by atoms with Gasteiger partial charge in [0.15, 0.2) is 0 Å². The van der Waals surface area contributed by atoms with Crippen molar-refractivity contribution in [3.05, 3.63) is 35.5 Å². The lowest BCUT2D eigenvalue weighted by Crippen LogP contribution is -2.40. The van der Waals surface area contributed by atoms with Gasteiger partial charge in [0, 0.05) is 5.41 Å². The van der Waals surface area contributed by atoms with E-state index in [9.17, 15) is 17.6 Å². The number of dihydropyridines is 1. The predicted molar refractivity (Wildman–Crippen MR) is 62.3 cm³/mol. The SMILES string of the molecule is CC1=CC(C(F)(F)F)=NC2C(CF)=CC=CC12C. The molecule has 0 spiro atoms. The molecule has 0 fully saturated rings. The van der Waals surface area contributed by atoms with Crippen LogP contribution < -0.4 is 0 Å². The van der Waals surface area contributed by atoms with Crippen LogP contribution >= 0.6 is 0 Å². The first-order valence-corrected chi connectivity index (χ1v) is 5.57. The zero-order valence-corrected chi connectivity index (χ0v) is 10.1. The maximum Gasteiger partial charge on any atom is 0.432 e. The molecule has 0 aromatic rings. The maximum atomic E-state index is 12.9. The van der Waals surface area contributed by atoms with Crippen molar-refractivity contribution in [2.24, 2.45) is 10.4 Å². The quantitative estimate of drug-likeness (QED) is 0.635. The minimum absolute atomic E-state index is 0.286. The summed E-state index contributed by atoms with van der Waals surface area (Å²) in [6.45, 7) is 2.62. The van der Waals surface area contributed by atoms with Gasteiger partial charge in [-0.25, -0.2) is 4.39 Å². The lowest BCUT2D eigenvalue weighted by atomic mass is 9.69. The molecule has 0 bridgehead atoms. The van der Waals surface area contributed by atoms with Gasteiger partial charge in [0.2, 0.25) is 0 Å². The lowest BCUT2D eigenvalue weighted by Gasteiger charge is -2.40. The molecule has 0 aromatic heterocycles. The summed E-state index contributed by atoms with van der Waals surface area (Å²) in [6.07, 6.45) is 1.51. The molecule has 2 aliphatic rings. The van der Waals surface area contributed by atoms with Crippen LogP contribution in [0.15, 0.2) is 40.4 Å². The average Bonchev–Trinajstić information content (AvgIpc) is 2.28. The van der Waals surface area contributed by atoms with E-state index < -0.39 is 30.0 Å². The molecule has 0 aromatic carbocycles. The number of aliphatic imine (C=N–C) groups is 1. The van der Waals surface area contributed by atoms with Gasteiger partial charge in [-0.2, -0.15) is 13.2 Å². The van der Waals surface area contributed by atoms with E-state index in [1.54, 1.807) is 26.0 Å². The number of rotatable bonds is 1. The van der Waals surface area contributed by atoms with Gasteiger partial charge in [0.1, 0.15) is 12.4 Å². The molecule has 2 unspecified atom stereocenters. The summed E-state index contributed by atoms with van der Waals surface area (Å²) >= 11 is 0. The fourth-order valence-corrected chi connectivity index (χ4v) is 2.31. The first-order chi connectivity index (χ1) is 8.29. The second-order valence-electron chi connectivity index (χ2n) is 4.76. The average molecular weight is 259 g/mol. The van der Waals surface area contributed by atoms with Crippen molar-refractivity contribution >= 4 is 5.71 Å². The number of halogens is 4. The third-order valence-electron chi connectivity index (χ3n) is 3.59. The van der Waals surface area contributed by atoms with Crippen LogP contribution in [-0.2, 0) is 0 Å². The van der Waals surface area contributed by atoms with Crippen molar-refractivity contribution in [1.82, 2.24) is 0 Å². The largest absolute Gasteiger partial charge is 0.432 e. The standard InChI is InChI=1S/C13H13F4N/c1-8-6-10(13(15,16)17)18-11-9(7-14)4-3-5-12(8,11)2/h3-6,11H,7H2,1-2H3. The Hall–Kier alpha value is -1.39. The van der Waals surface area contributed by atoms with Crippen LogP contribution in [0.25, 0.3) is 0 Å². The molecule has 0 N–H and O–H groups in total. The molecule has 98 valence electrons. The Balaban J connectivity index is 2.51. The van der Waals surface area contributed by atoms with Gasteiger partial charge in [-0.15, -0.1) is 0 Å². The topological polar surface area (TPSA) is 12.4 Å². The van der Waals surface area contributed by atoms with Gasteiger partial charge < -0.3 is 0 Å². The smallest absolute Gasteiger partial charge is 0.271 e. The highest BCUT2D eigenvalue weighted by atomic mass is 19.4. The third kappa shape index (κ3) is 1.91. The Bertz CT molecular complexity index is 482. The normalized spacial score (nSPS) is 31.4. The number of hydrogen-bond donors (Lipinski definition) is 0. The number of hydrogen-bond acceptors (Lipinski definition) is 1. The molecule has 1 nitrogen and oxygen atoms in total. The Morgan fingerprint density at radius 1 is 1.39 bits per heavy atom. The van der Waals surface area contributed by atoms with E-state index in [1.165, 1.54) is 6.08 Å². The van der Waals surface area contributed by atoms with Crippen LogP contribution in [0.2, 0.25) is 0 Å². The Labute approximate surface area is 103 Å². The third-order valence-corrected chi connectivity index (χ3v) is 3.59. The minimum Gasteiger partial charge on any atom is -0.271 e. The van der Waals surface area contributed by atoms with E-state index in [1.807, 2.05) is 0 Å². The molecule has 2 atom stereocenters. The second kappa shape index (κ2) is 4.07.